The molecule has 2 aromatic rings. The first-order chi connectivity index (χ1) is 10.2. The average molecular weight is 287 g/mol. The van der Waals surface area contributed by atoms with E-state index in [0.29, 0.717) is 6.54 Å². The zero-order valence-corrected chi connectivity index (χ0v) is 11.5. The van der Waals surface area contributed by atoms with Gasteiger partial charge in [0.05, 0.1) is 0 Å². The van der Waals surface area contributed by atoms with E-state index in [-0.39, 0.29) is 0 Å². The first-order valence-electron chi connectivity index (χ1n) is 6.81. The van der Waals surface area contributed by atoms with Gasteiger partial charge in [0.2, 0.25) is 0 Å². The van der Waals surface area contributed by atoms with Gasteiger partial charge in [0.1, 0.15) is 0 Å². The number of aromatic amines is 1. The number of H-pyrrole nitrogens is 1. The van der Waals surface area contributed by atoms with Gasteiger partial charge in [0.15, 0.2) is 0 Å². The minimum absolute atomic E-state index is 0.483. The number of nitrogens with zero attached hydrogens (tertiary/aromatic N) is 1. The van der Waals surface area contributed by atoms with Crippen molar-refractivity contribution in [2.24, 2.45) is 0 Å². The number of benzene rings is 1. The Labute approximate surface area is 121 Å². The van der Waals surface area contributed by atoms with Crippen LogP contribution in [-0.2, 0) is 6.42 Å². The van der Waals surface area contributed by atoms with Crippen LogP contribution in [-0.4, -0.2) is 22.1 Å². The molecule has 0 unspecified atom stereocenters. The minimum atomic E-state index is -0.732. The van der Waals surface area contributed by atoms with E-state index in [0.717, 1.165) is 29.9 Å². The number of hydrogen-bond donors (Lipinski definition) is 2. The third-order valence-corrected chi connectivity index (χ3v) is 3.05. The van der Waals surface area contributed by atoms with E-state index >= 15 is 0 Å². The Morgan fingerprint density at radius 2 is 1.86 bits per heavy atom. The molecule has 0 fully saturated rings. The van der Waals surface area contributed by atoms with Crippen LogP contribution in [0, 0.1) is 0 Å². The molecule has 1 aromatic heterocycles. The number of aromatic nitrogens is 2. The Bertz CT molecular complexity index is 704. The highest BCUT2D eigenvalue weighted by atomic mass is 16.2. The van der Waals surface area contributed by atoms with Crippen molar-refractivity contribution in [3.63, 3.8) is 0 Å². The van der Waals surface area contributed by atoms with Crippen LogP contribution in [0.5, 0.6) is 0 Å². The molecule has 6 heteroatoms. The number of unbranched alkanes of at least 4 members (excludes halogenated alkanes) is 1. The highest BCUT2D eigenvalue weighted by Crippen LogP contribution is 2.03. The lowest BCUT2D eigenvalue weighted by Gasteiger charge is -2.06. The molecule has 0 atom stereocenters. The first kappa shape index (κ1) is 14.8. The van der Waals surface area contributed by atoms with Gasteiger partial charge in [-0.15, -0.1) is 0 Å². The van der Waals surface area contributed by atoms with E-state index in [1.807, 2.05) is 23.2 Å². The molecule has 0 saturated carbocycles. The lowest BCUT2D eigenvalue weighted by Crippen LogP contribution is -2.39. The van der Waals surface area contributed by atoms with E-state index in [9.17, 15) is 14.4 Å². The monoisotopic (exact) mass is 287 g/mol. The van der Waals surface area contributed by atoms with E-state index in [1.165, 1.54) is 11.8 Å². The standard InChI is InChI=1S/C15H17N3O3/c19-13-9-11-18(15(21)17-13)14(20)16-10-5-4-8-12-6-2-1-3-7-12/h1-3,6-7,9,11H,4-5,8,10H2,(H,16,20)(H,17,19,21). The predicted octanol–water partition coefficient (Wildman–Crippen LogP) is 1.12. The van der Waals surface area contributed by atoms with Gasteiger partial charge in [-0.25, -0.2) is 14.2 Å². The van der Waals surface area contributed by atoms with E-state index in [2.05, 4.69) is 17.4 Å². The van der Waals surface area contributed by atoms with Gasteiger partial charge < -0.3 is 5.32 Å². The molecule has 0 saturated heterocycles. The number of rotatable bonds is 5. The summed E-state index contributed by atoms with van der Waals surface area (Å²) in [6, 6.07) is 10.7. The van der Waals surface area contributed by atoms with Gasteiger partial charge in [-0.2, -0.15) is 0 Å². The van der Waals surface area contributed by atoms with Crippen molar-refractivity contribution in [2.75, 3.05) is 6.54 Å². The van der Waals surface area contributed by atoms with Gasteiger partial charge in [0, 0.05) is 18.8 Å². The van der Waals surface area contributed by atoms with Crippen LogP contribution < -0.4 is 16.6 Å². The van der Waals surface area contributed by atoms with Crippen molar-refractivity contribution >= 4 is 6.03 Å². The molecule has 6 nitrogen and oxygen atoms in total. The maximum atomic E-state index is 11.7. The molecule has 1 heterocycles. The molecule has 21 heavy (non-hydrogen) atoms. The summed E-state index contributed by atoms with van der Waals surface area (Å²) in [6.07, 6.45) is 3.89. The molecule has 0 spiro atoms. The topological polar surface area (TPSA) is 84.0 Å². The molecular weight excluding hydrogens is 270 g/mol. The average Bonchev–Trinajstić information content (AvgIpc) is 2.47. The minimum Gasteiger partial charge on any atom is -0.337 e. The van der Waals surface area contributed by atoms with Crippen molar-refractivity contribution in [1.29, 1.82) is 0 Å². The molecule has 0 aliphatic rings. The second-order valence-electron chi connectivity index (χ2n) is 4.65. The summed E-state index contributed by atoms with van der Waals surface area (Å²) in [5, 5.41) is 2.65. The second kappa shape index (κ2) is 7.23. The zero-order chi connectivity index (χ0) is 15.1. The van der Waals surface area contributed by atoms with Crippen LogP contribution in [0.25, 0.3) is 0 Å². The number of carbonyl (C=O) groups excluding carboxylic acids is 1. The maximum Gasteiger partial charge on any atom is 0.336 e. The summed E-state index contributed by atoms with van der Waals surface area (Å²) in [6.45, 7) is 0.483. The third kappa shape index (κ3) is 4.45. The fraction of sp³-hybridized carbons (Fsp3) is 0.267. The van der Waals surface area contributed by atoms with Gasteiger partial charge in [-0.05, 0) is 24.8 Å². The van der Waals surface area contributed by atoms with Crippen LogP contribution in [0.3, 0.4) is 0 Å². The third-order valence-electron chi connectivity index (χ3n) is 3.05. The lowest BCUT2D eigenvalue weighted by atomic mass is 10.1. The van der Waals surface area contributed by atoms with Crippen LogP contribution in [0.2, 0.25) is 0 Å². The van der Waals surface area contributed by atoms with E-state index < -0.39 is 17.3 Å². The molecule has 0 aliphatic heterocycles. The predicted molar refractivity (Wildman–Crippen MR) is 79.5 cm³/mol. The summed E-state index contributed by atoms with van der Waals surface area (Å²) in [5.41, 5.74) is 0.0110. The molecule has 110 valence electrons. The number of hydrogen-bond acceptors (Lipinski definition) is 3. The first-order valence-corrected chi connectivity index (χ1v) is 6.81. The van der Waals surface area contributed by atoms with Gasteiger partial charge >= 0.3 is 11.7 Å². The van der Waals surface area contributed by atoms with Crippen LogP contribution >= 0.6 is 0 Å². The maximum absolute atomic E-state index is 11.7. The largest absolute Gasteiger partial charge is 0.337 e. The Morgan fingerprint density at radius 1 is 1.10 bits per heavy atom. The highest BCUT2D eigenvalue weighted by molar-refractivity contribution is 5.76. The molecule has 2 rings (SSSR count). The molecule has 1 amide bonds. The lowest BCUT2D eigenvalue weighted by molar-refractivity contribution is 0.241. The number of nitrogens with one attached hydrogen (secondary N) is 2. The normalized spacial score (nSPS) is 10.3. The van der Waals surface area contributed by atoms with Crippen molar-refractivity contribution in [3.8, 4) is 0 Å². The summed E-state index contributed by atoms with van der Waals surface area (Å²) in [5.74, 6) is 0. The fourth-order valence-corrected chi connectivity index (χ4v) is 1.96. The SMILES string of the molecule is O=C(NCCCCc1ccccc1)n1ccc(=O)[nH]c1=O. The summed E-state index contributed by atoms with van der Waals surface area (Å²) < 4.78 is 0.846. The Kier molecular flexibility index (Phi) is 5.09. The Morgan fingerprint density at radius 3 is 2.57 bits per heavy atom. The van der Waals surface area contributed by atoms with Crippen LogP contribution in [0.4, 0.5) is 4.79 Å². The van der Waals surface area contributed by atoms with E-state index in [1.54, 1.807) is 0 Å². The molecule has 0 radical (unpaired) electrons. The molecule has 1 aromatic carbocycles. The van der Waals surface area contributed by atoms with Gasteiger partial charge in [0.25, 0.3) is 5.56 Å². The molecule has 0 aliphatic carbocycles. The summed E-state index contributed by atoms with van der Waals surface area (Å²) in [7, 11) is 0. The number of carbonyl (C=O) groups is 1. The quantitative estimate of drug-likeness (QED) is 0.808. The Hall–Kier alpha value is -2.63. The van der Waals surface area contributed by atoms with Crippen molar-refractivity contribution in [2.45, 2.75) is 19.3 Å². The zero-order valence-electron chi connectivity index (χ0n) is 11.5. The molecular formula is C15H17N3O3. The number of aryl methyl sites for hydroxylation is 1. The summed E-state index contributed by atoms with van der Waals surface area (Å²) in [4.78, 5) is 36.1. The smallest absolute Gasteiger partial charge is 0.336 e. The fourth-order valence-electron chi connectivity index (χ4n) is 1.96. The van der Waals surface area contributed by atoms with Gasteiger partial charge in [-0.3, -0.25) is 9.78 Å². The molecule has 0 bridgehead atoms. The highest BCUT2D eigenvalue weighted by Gasteiger charge is 2.05. The van der Waals surface area contributed by atoms with E-state index in [4.69, 9.17) is 0 Å². The molecule has 2 N–H and O–H groups in total. The second-order valence-corrected chi connectivity index (χ2v) is 4.65. The summed E-state index contributed by atoms with van der Waals surface area (Å²) >= 11 is 0. The van der Waals surface area contributed by atoms with Crippen LogP contribution in [0.1, 0.15) is 18.4 Å². The number of amides is 1. The Balaban J connectivity index is 1.74. The van der Waals surface area contributed by atoms with Crippen LogP contribution in [0.15, 0.2) is 52.2 Å². The van der Waals surface area contributed by atoms with Crippen molar-refractivity contribution in [3.05, 3.63) is 69.0 Å². The van der Waals surface area contributed by atoms with Crippen molar-refractivity contribution < 1.29 is 4.79 Å². The van der Waals surface area contributed by atoms with Crippen molar-refractivity contribution in [1.82, 2.24) is 14.9 Å². The van der Waals surface area contributed by atoms with Gasteiger partial charge in [-0.1, -0.05) is 30.3 Å².